The first-order chi connectivity index (χ1) is 28.3. The van der Waals surface area contributed by atoms with Crippen molar-refractivity contribution in [1.82, 2.24) is 9.13 Å². The SMILES string of the molecule is c1ccc(-n2c3ccccc3c3ccc(-c4ccc5c(c4)c4ccc6c(c4n5-c4ccccc4)C4(c5ccccc5-c5ccccc54)c4ccccc4-6)cc32)cc1. The van der Waals surface area contributed by atoms with Gasteiger partial charge in [0.15, 0.2) is 0 Å². The summed E-state index contributed by atoms with van der Waals surface area (Å²) in [4.78, 5) is 0. The first kappa shape index (κ1) is 30.9. The van der Waals surface area contributed by atoms with Gasteiger partial charge in [0.1, 0.15) is 0 Å². The maximum Gasteiger partial charge on any atom is 0.0746 e. The van der Waals surface area contributed by atoms with Crippen LogP contribution in [0.2, 0.25) is 0 Å². The predicted molar refractivity (Wildman–Crippen MR) is 237 cm³/mol. The van der Waals surface area contributed by atoms with Gasteiger partial charge in [-0.2, -0.15) is 0 Å². The van der Waals surface area contributed by atoms with E-state index >= 15 is 0 Å². The van der Waals surface area contributed by atoms with Gasteiger partial charge in [-0.15, -0.1) is 0 Å². The molecule has 0 N–H and O–H groups in total. The van der Waals surface area contributed by atoms with E-state index < -0.39 is 5.41 Å². The van der Waals surface area contributed by atoms with Crippen LogP contribution < -0.4 is 0 Å². The molecule has 2 aliphatic rings. The summed E-state index contributed by atoms with van der Waals surface area (Å²) in [6.45, 7) is 0. The molecule has 0 radical (unpaired) electrons. The van der Waals surface area contributed by atoms with Gasteiger partial charge in [0.05, 0.1) is 27.5 Å². The molecular formula is C55H34N2. The summed E-state index contributed by atoms with van der Waals surface area (Å²) in [6, 6.07) is 76.7. The summed E-state index contributed by atoms with van der Waals surface area (Å²) in [5.74, 6) is 0. The quantitative estimate of drug-likeness (QED) is 0.172. The number of hydrogen-bond acceptors (Lipinski definition) is 0. The molecule has 0 fully saturated rings. The zero-order chi connectivity index (χ0) is 37.2. The number of rotatable bonds is 3. The molecule has 9 aromatic carbocycles. The summed E-state index contributed by atoms with van der Waals surface area (Å²) in [5.41, 5.74) is 19.9. The van der Waals surface area contributed by atoms with Crippen molar-refractivity contribution in [2.75, 3.05) is 0 Å². The molecule has 0 saturated heterocycles. The molecule has 2 nitrogen and oxygen atoms in total. The molecule has 0 bridgehead atoms. The van der Waals surface area contributed by atoms with Gasteiger partial charge in [0, 0.05) is 38.5 Å². The number of benzene rings is 9. The monoisotopic (exact) mass is 722 g/mol. The van der Waals surface area contributed by atoms with Gasteiger partial charge in [0.2, 0.25) is 0 Å². The van der Waals surface area contributed by atoms with E-state index in [0.717, 1.165) is 5.69 Å². The Morgan fingerprint density at radius 3 is 1.47 bits per heavy atom. The molecule has 2 aliphatic carbocycles. The Hall–Kier alpha value is -7.42. The Balaban J connectivity index is 1.13. The standard InChI is InChI=1S/C55H34N2/c1-3-15-37(16-4-1)56-50-26-14-10-22-42(50)43-29-27-36(34-52(43)56)35-28-32-51-46(33-35)45-31-30-44-41-21-9-13-25-49(41)55(53(44)54(45)57(51)38-17-5-2-6-18-38)47-23-11-7-19-39(47)40-20-8-12-24-48(40)55/h1-34H. The predicted octanol–water partition coefficient (Wildman–Crippen LogP) is 13.9. The average Bonchev–Trinajstić information content (AvgIpc) is 3.98. The lowest BCUT2D eigenvalue weighted by Crippen LogP contribution is -2.26. The fourth-order valence-electron chi connectivity index (χ4n) is 10.7. The zero-order valence-electron chi connectivity index (χ0n) is 31.0. The molecule has 0 aliphatic heterocycles. The highest BCUT2D eigenvalue weighted by Crippen LogP contribution is 2.64. The number of aromatic nitrogens is 2. The van der Waals surface area contributed by atoms with E-state index in [1.165, 1.54) is 105 Å². The van der Waals surface area contributed by atoms with Gasteiger partial charge in [-0.1, -0.05) is 158 Å². The highest BCUT2D eigenvalue weighted by atomic mass is 15.0. The third-order valence-electron chi connectivity index (χ3n) is 12.9. The molecule has 0 saturated carbocycles. The maximum atomic E-state index is 2.54. The van der Waals surface area contributed by atoms with Crippen molar-refractivity contribution in [3.63, 3.8) is 0 Å². The normalized spacial score (nSPS) is 13.4. The van der Waals surface area contributed by atoms with Crippen molar-refractivity contribution < 1.29 is 0 Å². The van der Waals surface area contributed by atoms with E-state index in [1.807, 2.05) is 0 Å². The lowest BCUT2D eigenvalue weighted by atomic mass is 9.70. The van der Waals surface area contributed by atoms with Crippen LogP contribution in [0.5, 0.6) is 0 Å². The molecule has 13 rings (SSSR count). The van der Waals surface area contributed by atoms with Crippen molar-refractivity contribution in [3.05, 3.63) is 229 Å². The smallest absolute Gasteiger partial charge is 0.0746 e. The van der Waals surface area contributed by atoms with Crippen LogP contribution in [0, 0.1) is 0 Å². The second-order valence-corrected chi connectivity index (χ2v) is 15.6. The van der Waals surface area contributed by atoms with Crippen LogP contribution in [0.25, 0.3) is 88.4 Å². The third-order valence-corrected chi connectivity index (χ3v) is 12.9. The van der Waals surface area contributed by atoms with Gasteiger partial charge >= 0.3 is 0 Å². The fraction of sp³-hybridized carbons (Fsp3) is 0.0182. The van der Waals surface area contributed by atoms with Gasteiger partial charge in [-0.3, -0.25) is 0 Å². The number of nitrogens with zero attached hydrogens (tertiary/aromatic N) is 2. The highest BCUT2D eigenvalue weighted by molar-refractivity contribution is 6.16. The molecule has 11 aromatic rings. The minimum absolute atomic E-state index is 0.460. The highest BCUT2D eigenvalue weighted by Gasteiger charge is 2.53. The van der Waals surface area contributed by atoms with Crippen molar-refractivity contribution in [1.29, 1.82) is 0 Å². The van der Waals surface area contributed by atoms with E-state index in [1.54, 1.807) is 0 Å². The second kappa shape index (κ2) is 11.3. The van der Waals surface area contributed by atoms with Crippen molar-refractivity contribution >= 4 is 43.6 Å². The summed E-state index contributed by atoms with van der Waals surface area (Å²) in [7, 11) is 0. The van der Waals surface area contributed by atoms with Crippen molar-refractivity contribution in [3.8, 4) is 44.8 Å². The molecule has 57 heavy (non-hydrogen) atoms. The van der Waals surface area contributed by atoms with Gasteiger partial charge in [-0.05, 0) is 98.6 Å². The first-order valence-electron chi connectivity index (χ1n) is 19.9. The van der Waals surface area contributed by atoms with E-state index in [2.05, 4.69) is 215 Å². The molecule has 0 unspecified atom stereocenters. The number of hydrogen-bond donors (Lipinski definition) is 0. The topological polar surface area (TPSA) is 9.86 Å². The largest absolute Gasteiger partial charge is 0.309 e. The van der Waals surface area contributed by atoms with E-state index in [4.69, 9.17) is 0 Å². The van der Waals surface area contributed by atoms with Crippen LogP contribution in [0.1, 0.15) is 22.3 Å². The van der Waals surface area contributed by atoms with Gasteiger partial charge in [0.25, 0.3) is 0 Å². The first-order valence-corrected chi connectivity index (χ1v) is 19.9. The van der Waals surface area contributed by atoms with Crippen LogP contribution >= 0.6 is 0 Å². The summed E-state index contributed by atoms with van der Waals surface area (Å²) in [6.07, 6.45) is 0. The van der Waals surface area contributed by atoms with E-state index in [0.29, 0.717) is 0 Å². The van der Waals surface area contributed by atoms with E-state index in [-0.39, 0.29) is 0 Å². The minimum atomic E-state index is -0.460. The number of para-hydroxylation sites is 3. The number of fused-ring (bicyclic) bond motifs is 17. The molecule has 2 aromatic heterocycles. The second-order valence-electron chi connectivity index (χ2n) is 15.6. The minimum Gasteiger partial charge on any atom is -0.309 e. The molecule has 2 heteroatoms. The molecule has 264 valence electrons. The molecular weight excluding hydrogens is 689 g/mol. The Morgan fingerprint density at radius 2 is 0.789 bits per heavy atom. The van der Waals surface area contributed by atoms with Crippen LogP contribution in [0.15, 0.2) is 206 Å². The fourth-order valence-corrected chi connectivity index (χ4v) is 10.7. The van der Waals surface area contributed by atoms with Gasteiger partial charge in [-0.25, -0.2) is 0 Å². The van der Waals surface area contributed by atoms with Crippen molar-refractivity contribution in [2.24, 2.45) is 0 Å². The summed E-state index contributed by atoms with van der Waals surface area (Å²) in [5, 5.41) is 5.05. The average molecular weight is 723 g/mol. The summed E-state index contributed by atoms with van der Waals surface area (Å²) < 4.78 is 4.95. The molecule has 2 heterocycles. The van der Waals surface area contributed by atoms with Gasteiger partial charge < -0.3 is 9.13 Å². The third kappa shape index (κ3) is 3.94. The Kier molecular flexibility index (Phi) is 6.13. The van der Waals surface area contributed by atoms with Crippen LogP contribution in [-0.4, -0.2) is 9.13 Å². The molecule has 0 amide bonds. The molecule has 0 atom stereocenters. The zero-order valence-corrected chi connectivity index (χ0v) is 31.0. The van der Waals surface area contributed by atoms with Crippen LogP contribution in [0.4, 0.5) is 0 Å². The van der Waals surface area contributed by atoms with E-state index in [9.17, 15) is 0 Å². The Labute approximate surface area is 330 Å². The lowest BCUT2D eigenvalue weighted by molar-refractivity contribution is 0.797. The summed E-state index contributed by atoms with van der Waals surface area (Å²) >= 11 is 0. The maximum absolute atomic E-state index is 2.54. The Bertz CT molecular complexity index is 3390. The van der Waals surface area contributed by atoms with Crippen LogP contribution in [-0.2, 0) is 5.41 Å². The molecule has 1 spiro atoms. The lowest BCUT2D eigenvalue weighted by Gasteiger charge is -2.31. The van der Waals surface area contributed by atoms with Crippen LogP contribution in [0.3, 0.4) is 0 Å². The van der Waals surface area contributed by atoms with Crippen molar-refractivity contribution in [2.45, 2.75) is 5.41 Å². The Morgan fingerprint density at radius 1 is 0.298 bits per heavy atom.